The Bertz CT molecular complexity index is 1170. The summed E-state index contributed by atoms with van der Waals surface area (Å²) in [5.41, 5.74) is -0.484. The van der Waals surface area contributed by atoms with Crippen LogP contribution in [0.2, 0.25) is 0 Å². The molecule has 10 nitrogen and oxygen atoms in total. The van der Waals surface area contributed by atoms with Crippen LogP contribution in [0.15, 0.2) is 0 Å². The van der Waals surface area contributed by atoms with Crippen molar-refractivity contribution in [3.63, 3.8) is 0 Å². The summed E-state index contributed by atoms with van der Waals surface area (Å²) in [6, 6.07) is 0. The van der Waals surface area contributed by atoms with Crippen LogP contribution in [0.4, 0.5) is 0 Å². The highest BCUT2D eigenvalue weighted by Crippen LogP contribution is 2.68. The average Bonchev–Trinajstić information content (AvgIpc) is 3.17. The topological polar surface area (TPSA) is 168 Å². The highest BCUT2D eigenvalue weighted by molar-refractivity contribution is 7.81. The summed E-state index contributed by atoms with van der Waals surface area (Å²) in [6.07, 6.45) is 1.98. The van der Waals surface area contributed by atoms with Gasteiger partial charge in [-0.15, -0.1) is 0 Å². The standard InChI is InChI=1S/C29H52O10S2/c1-16(25(30)26(31)17(2)27(3,4)5)20-10-11-21-19-9-8-18-14-23(38-40(32,33)34)24(39-41(35,36)37)15-29(18,7)22(19)12-13-28(20,21)6/h16-26,30-31H,8-15H2,1-7H3,(H,32,33,34)(H,35,36,37)/t16-,17?,18?,19?,20?,21?,22?,23?,24?,25?,26?,28+,29-/m0/s1. The Kier molecular flexibility index (Phi) is 9.19. The molecule has 0 amide bonds. The smallest absolute Gasteiger partial charge is 0.390 e. The molecule has 0 spiro atoms. The van der Waals surface area contributed by atoms with Crippen molar-refractivity contribution in [3.8, 4) is 0 Å². The summed E-state index contributed by atoms with van der Waals surface area (Å²) >= 11 is 0. The second-order valence-electron chi connectivity index (χ2n) is 15.4. The molecule has 4 saturated carbocycles. The minimum absolute atomic E-state index is 0.00503. The summed E-state index contributed by atoms with van der Waals surface area (Å²) < 4.78 is 75.0. The molecule has 4 aliphatic rings. The first-order valence-electron chi connectivity index (χ1n) is 15.3. The van der Waals surface area contributed by atoms with Crippen LogP contribution in [0, 0.1) is 57.7 Å². The highest BCUT2D eigenvalue weighted by atomic mass is 32.3. The number of aliphatic hydroxyl groups excluding tert-OH is 2. The first kappa shape index (κ1) is 33.6. The number of rotatable bonds is 8. The minimum Gasteiger partial charge on any atom is -0.390 e. The molecular weight excluding hydrogens is 572 g/mol. The van der Waals surface area contributed by atoms with E-state index >= 15 is 0 Å². The van der Waals surface area contributed by atoms with Gasteiger partial charge in [-0.1, -0.05) is 48.5 Å². The number of fused-ring (bicyclic) bond motifs is 5. The van der Waals surface area contributed by atoms with Gasteiger partial charge in [0.05, 0.1) is 12.2 Å². The van der Waals surface area contributed by atoms with Crippen molar-refractivity contribution in [1.29, 1.82) is 0 Å². The SMILES string of the molecule is CC(C(O)C(O)[C@@H](C)C1CCC2C3CCC4CC(OS(=O)(=O)O)C(OS(=O)(=O)O)C[C@]4(C)C3CC[C@@]21C)C(C)(C)C. The summed E-state index contributed by atoms with van der Waals surface area (Å²) in [7, 11) is -9.73. The molecule has 13 atom stereocenters. The fraction of sp³-hybridized carbons (Fsp3) is 1.00. The maximum atomic E-state index is 11.7. The van der Waals surface area contributed by atoms with Crippen LogP contribution < -0.4 is 0 Å². The van der Waals surface area contributed by atoms with Gasteiger partial charge in [-0.05, 0) is 109 Å². The van der Waals surface area contributed by atoms with Crippen molar-refractivity contribution >= 4 is 20.8 Å². The van der Waals surface area contributed by atoms with E-state index in [-0.39, 0.29) is 58.7 Å². The van der Waals surface area contributed by atoms with Crippen LogP contribution in [-0.2, 0) is 29.2 Å². The molecule has 240 valence electrons. The third kappa shape index (κ3) is 6.55. The first-order valence-corrected chi connectivity index (χ1v) is 18.0. The second-order valence-corrected chi connectivity index (χ2v) is 17.5. The van der Waals surface area contributed by atoms with Crippen LogP contribution in [0.25, 0.3) is 0 Å². The molecule has 4 N–H and O–H groups in total. The maximum Gasteiger partial charge on any atom is 0.397 e. The number of hydrogen-bond acceptors (Lipinski definition) is 8. The second kappa shape index (κ2) is 11.2. The molecule has 12 heteroatoms. The Morgan fingerprint density at radius 3 is 1.90 bits per heavy atom. The van der Waals surface area contributed by atoms with Gasteiger partial charge >= 0.3 is 20.8 Å². The number of hydrogen-bond donors (Lipinski definition) is 4. The Balaban J connectivity index is 1.55. The van der Waals surface area contributed by atoms with Crippen molar-refractivity contribution in [2.24, 2.45) is 57.7 Å². The third-order valence-electron chi connectivity index (χ3n) is 12.6. The Labute approximate surface area is 246 Å². The number of aliphatic hydroxyl groups is 2. The molecule has 0 bridgehead atoms. The van der Waals surface area contributed by atoms with E-state index < -0.39 is 45.2 Å². The molecule has 0 aliphatic heterocycles. The van der Waals surface area contributed by atoms with Crippen molar-refractivity contribution in [2.75, 3.05) is 0 Å². The zero-order chi connectivity index (χ0) is 30.9. The highest BCUT2D eigenvalue weighted by Gasteiger charge is 2.63. The summed E-state index contributed by atoms with van der Waals surface area (Å²) in [6.45, 7) is 14.8. The van der Waals surface area contributed by atoms with Crippen molar-refractivity contribution in [3.05, 3.63) is 0 Å². The van der Waals surface area contributed by atoms with E-state index in [1.54, 1.807) is 0 Å². The third-order valence-corrected chi connectivity index (χ3v) is 13.6. The van der Waals surface area contributed by atoms with E-state index in [0.29, 0.717) is 11.8 Å². The monoisotopic (exact) mass is 624 g/mol. The lowest BCUT2D eigenvalue weighted by Gasteiger charge is -2.62. The van der Waals surface area contributed by atoms with Gasteiger partial charge in [0.25, 0.3) is 0 Å². The molecule has 4 rings (SSSR count). The molecule has 0 saturated heterocycles. The predicted octanol–water partition coefficient (Wildman–Crippen LogP) is 4.67. The van der Waals surface area contributed by atoms with Crippen molar-refractivity contribution < 1.29 is 44.5 Å². The van der Waals surface area contributed by atoms with Gasteiger partial charge in [-0.2, -0.15) is 16.8 Å². The van der Waals surface area contributed by atoms with E-state index in [2.05, 4.69) is 41.5 Å². The Morgan fingerprint density at radius 1 is 0.780 bits per heavy atom. The summed E-state index contributed by atoms with van der Waals surface area (Å²) in [4.78, 5) is 0. The van der Waals surface area contributed by atoms with Crippen molar-refractivity contribution in [2.45, 2.75) is 124 Å². The zero-order valence-electron chi connectivity index (χ0n) is 25.6. The summed E-state index contributed by atoms with van der Waals surface area (Å²) in [5.74, 6) is 1.25. The predicted molar refractivity (Wildman–Crippen MR) is 153 cm³/mol. The van der Waals surface area contributed by atoms with Gasteiger partial charge in [-0.25, -0.2) is 8.37 Å². The lowest BCUT2D eigenvalue weighted by molar-refractivity contribution is -0.156. The van der Waals surface area contributed by atoms with Crippen LogP contribution in [-0.4, -0.2) is 60.6 Å². The fourth-order valence-electron chi connectivity index (χ4n) is 10.0. The first-order chi connectivity index (χ1) is 18.6. The molecule has 0 aromatic carbocycles. The van der Waals surface area contributed by atoms with E-state index in [9.17, 15) is 36.2 Å². The molecule has 4 fully saturated rings. The fourth-order valence-corrected chi connectivity index (χ4v) is 11.0. The van der Waals surface area contributed by atoms with Gasteiger partial charge < -0.3 is 10.2 Å². The maximum absolute atomic E-state index is 11.7. The molecule has 0 radical (unpaired) electrons. The zero-order valence-corrected chi connectivity index (χ0v) is 27.2. The molecule has 0 aromatic heterocycles. The van der Waals surface area contributed by atoms with E-state index in [4.69, 9.17) is 8.37 Å². The van der Waals surface area contributed by atoms with Gasteiger partial charge in [0, 0.05) is 0 Å². The van der Waals surface area contributed by atoms with Gasteiger partial charge in [0.15, 0.2) is 0 Å². The van der Waals surface area contributed by atoms with Crippen molar-refractivity contribution in [1.82, 2.24) is 0 Å². The van der Waals surface area contributed by atoms with E-state index in [0.717, 1.165) is 38.5 Å². The van der Waals surface area contributed by atoms with Crippen LogP contribution in [0.3, 0.4) is 0 Å². The summed E-state index contributed by atoms with van der Waals surface area (Å²) in [5, 5.41) is 22.4. The lowest BCUT2D eigenvalue weighted by atomic mass is 9.44. The lowest BCUT2D eigenvalue weighted by Crippen LogP contribution is -2.58. The van der Waals surface area contributed by atoms with E-state index in [1.165, 1.54) is 0 Å². The molecule has 41 heavy (non-hydrogen) atoms. The quantitative estimate of drug-likeness (QED) is 0.279. The minimum atomic E-state index is -4.88. The van der Waals surface area contributed by atoms with Gasteiger partial charge in [-0.3, -0.25) is 9.11 Å². The van der Waals surface area contributed by atoms with Gasteiger partial charge in [0.2, 0.25) is 0 Å². The molecule has 0 heterocycles. The largest absolute Gasteiger partial charge is 0.397 e. The Morgan fingerprint density at radius 2 is 1.34 bits per heavy atom. The van der Waals surface area contributed by atoms with Gasteiger partial charge in [0.1, 0.15) is 12.2 Å². The van der Waals surface area contributed by atoms with E-state index in [1.807, 2.05) is 6.92 Å². The molecular formula is C29H52O10S2. The molecule has 0 aromatic rings. The van der Waals surface area contributed by atoms with Crippen LogP contribution >= 0.6 is 0 Å². The normalized spacial score (nSPS) is 42.9. The van der Waals surface area contributed by atoms with Crippen LogP contribution in [0.5, 0.6) is 0 Å². The Hall–Kier alpha value is -0.340. The van der Waals surface area contributed by atoms with Crippen LogP contribution in [0.1, 0.15) is 99.8 Å². The molecule has 10 unspecified atom stereocenters. The molecule has 4 aliphatic carbocycles. The average molecular weight is 625 g/mol.